The third kappa shape index (κ3) is 8.58. The summed E-state index contributed by atoms with van der Waals surface area (Å²) in [6, 6.07) is 9.63. The Bertz CT molecular complexity index is 2440. The lowest BCUT2D eigenvalue weighted by Crippen LogP contribution is -2.57. The van der Waals surface area contributed by atoms with Gasteiger partial charge in [0.25, 0.3) is 5.91 Å². The SMILES string of the molecule is COc1ccc2c(O[C@@H]3C[C@H]4C(=O)N[C@]5(C(=O)NS(=O)(=O)C6CC6)C[C@H]5/C=C\CCCCC[C@H](Nc5ccc(F)cc5)C(=O)N4C3)nc(-c3nc(C(C)C)cs3)cc2c1C. The third-order valence-electron chi connectivity index (χ3n) is 12.1. The lowest BCUT2D eigenvalue weighted by atomic mass is 10.0. The van der Waals surface area contributed by atoms with Crippen LogP contribution in [-0.4, -0.2) is 83.6 Å². The molecule has 3 N–H and O–H groups in total. The number of aryl methyl sites for hydroxylation is 1. The number of benzene rings is 2. The molecule has 318 valence electrons. The van der Waals surface area contributed by atoms with E-state index in [0.29, 0.717) is 54.1 Å². The van der Waals surface area contributed by atoms with E-state index in [-0.39, 0.29) is 31.2 Å². The molecular formula is C44H51FN6O7S2. The molecule has 2 aliphatic heterocycles. The van der Waals surface area contributed by atoms with Crippen LogP contribution in [0.3, 0.4) is 0 Å². The molecule has 2 aromatic heterocycles. The van der Waals surface area contributed by atoms with Crippen molar-refractivity contribution in [3.8, 4) is 22.3 Å². The molecule has 2 aromatic carbocycles. The average Bonchev–Trinajstić information content (AvgIpc) is 4.10. The van der Waals surface area contributed by atoms with E-state index in [1.165, 1.54) is 28.4 Å². The molecule has 4 heterocycles. The van der Waals surface area contributed by atoms with Crippen molar-refractivity contribution in [1.29, 1.82) is 0 Å². The van der Waals surface area contributed by atoms with Gasteiger partial charge in [0.1, 0.15) is 46.0 Å². The number of carbonyl (C=O) groups excluding carboxylic acids is 3. The van der Waals surface area contributed by atoms with Gasteiger partial charge >= 0.3 is 0 Å². The smallest absolute Gasteiger partial charge is 0.259 e. The maximum absolute atomic E-state index is 14.8. The molecule has 0 radical (unpaired) electrons. The van der Waals surface area contributed by atoms with Crippen molar-refractivity contribution < 1.29 is 36.7 Å². The monoisotopic (exact) mass is 858 g/mol. The van der Waals surface area contributed by atoms with E-state index < -0.39 is 62.5 Å². The van der Waals surface area contributed by atoms with Gasteiger partial charge in [0.15, 0.2) is 0 Å². The number of hydrogen-bond acceptors (Lipinski definition) is 11. The van der Waals surface area contributed by atoms with E-state index >= 15 is 0 Å². The maximum Gasteiger partial charge on any atom is 0.259 e. The molecule has 2 aliphatic carbocycles. The number of rotatable bonds is 10. The molecule has 4 aromatic rings. The summed E-state index contributed by atoms with van der Waals surface area (Å²) < 4.78 is 54.5. The highest BCUT2D eigenvalue weighted by molar-refractivity contribution is 7.91. The first kappa shape index (κ1) is 41.6. The predicted molar refractivity (Wildman–Crippen MR) is 228 cm³/mol. The molecule has 4 aliphatic rings. The van der Waals surface area contributed by atoms with Gasteiger partial charge in [-0.2, -0.15) is 0 Å². The van der Waals surface area contributed by atoms with Gasteiger partial charge in [-0.15, -0.1) is 11.3 Å². The summed E-state index contributed by atoms with van der Waals surface area (Å²) in [5.41, 5.74) is 1.49. The van der Waals surface area contributed by atoms with Gasteiger partial charge in [0, 0.05) is 28.8 Å². The van der Waals surface area contributed by atoms with Crippen molar-refractivity contribution in [1.82, 2.24) is 24.9 Å². The molecule has 2 saturated carbocycles. The van der Waals surface area contributed by atoms with Gasteiger partial charge in [0.05, 0.1) is 24.6 Å². The van der Waals surface area contributed by atoms with Gasteiger partial charge in [-0.05, 0) is 105 Å². The van der Waals surface area contributed by atoms with Crippen LogP contribution in [0, 0.1) is 18.7 Å². The Morgan fingerprint density at radius 3 is 2.55 bits per heavy atom. The first-order chi connectivity index (χ1) is 28.8. The summed E-state index contributed by atoms with van der Waals surface area (Å²) in [6.07, 6.45) is 7.92. The number of amides is 3. The van der Waals surface area contributed by atoms with Crippen molar-refractivity contribution in [2.75, 3.05) is 19.0 Å². The number of pyridine rings is 1. The van der Waals surface area contributed by atoms with Crippen LogP contribution >= 0.6 is 11.3 Å². The molecule has 5 atom stereocenters. The molecule has 13 nitrogen and oxygen atoms in total. The molecular weight excluding hydrogens is 808 g/mol. The Morgan fingerprint density at radius 2 is 1.83 bits per heavy atom. The second kappa shape index (κ2) is 16.8. The normalized spacial score (nSPS) is 25.4. The molecule has 3 fully saturated rings. The minimum absolute atomic E-state index is 0.0222. The zero-order chi connectivity index (χ0) is 42.3. The Labute approximate surface area is 353 Å². The number of ether oxygens (including phenoxy) is 2. The Kier molecular flexibility index (Phi) is 11.6. The van der Waals surface area contributed by atoms with E-state index in [1.54, 1.807) is 19.2 Å². The summed E-state index contributed by atoms with van der Waals surface area (Å²) in [7, 11) is -2.29. The zero-order valence-corrected chi connectivity index (χ0v) is 35.8. The van der Waals surface area contributed by atoms with Crippen molar-refractivity contribution in [2.24, 2.45) is 5.92 Å². The Hall–Kier alpha value is -5.09. The van der Waals surface area contributed by atoms with Gasteiger partial charge < -0.3 is 25.0 Å². The zero-order valence-electron chi connectivity index (χ0n) is 34.2. The second-order valence-electron chi connectivity index (χ2n) is 16.7. The van der Waals surface area contributed by atoms with Crippen molar-refractivity contribution in [3.63, 3.8) is 0 Å². The van der Waals surface area contributed by atoms with Crippen LogP contribution in [0.2, 0.25) is 0 Å². The van der Waals surface area contributed by atoms with Crippen molar-refractivity contribution in [2.45, 2.75) is 113 Å². The summed E-state index contributed by atoms with van der Waals surface area (Å²) in [4.78, 5) is 54.7. The minimum Gasteiger partial charge on any atom is -0.496 e. The lowest BCUT2D eigenvalue weighted by Gasteiger charge is -2.30. The topological polar surface area (TPSA) is 169 Å². The molecule has 0 spiro atoms. The number of sulfonamides is 1. The van der Waals surface area contributed by atoms with Gasteiger partial charge in [-0.25, -0.2) is 22.8 Å². The van der Waals surface area contributed by atoms with Crippen LogP contribution in [0.15, 0.2) is 60.0 Å². The van der Waals surface area contributed by atoms with Crippen molar-refractivity contribution in [3.05, 3.63) is 77.1 Å². The summed E-state index contributed by atoms with van der Waals surface area (Å²) in [6.45, 7) is 6.14. The van der Waals surface area contributed by atoms with Crippen LogP contribution < -0.4 is 24.8 Å². The molecule has 60 heavy (non-hydrogen) atoms. The standard InChI is InChI=1S/C44H51FN6O7S2/c1-25(2)36-24-59-41(48-36)35-21-33-26(3)38(57-4)19-18-32(33)40(47-35)58-30-20-37-39(52)49-44(43(54)50-60(55,56)31-16-17-31)22-27(44)10-8-6-5-7-9-11-34(42(53)51(37)23-30)46-29-14-12-28(45)13-15-29/h8,10,12-15,18-19,21,24-25,27,30-31,34,37,46H,5-7,9,11,16-17,20,22-23H2,1-4H3,(H,49,52)(H,50,54)/b10-8-/t27-,30-,34+,37+,44-/m1/s1. The van der Waals surface area contributed by atoms with Crippen LogP contribution in [-0.2, 0) is 24.4 Å². The van der Waals surface area contributed by atoms with Crippen molar-refractivity contribution >= 4 is 55.5 Å². The fourth-order valence-electron chi connectivity index (χ4n) is 8.26. The average molecular weight is 859 g/mol. The quantitative estimate of drug-likeness (QED) is 0.145. The number of anilines is 1. The summed E-state index contributed by atoms with van der Waals surface area (Å²) in [5.74, 6) is -1.32. The number of halogens is 1. The second-order valence-corrected chi connectivity index (χ2v) is 19.6. The van der Waals surface area contributed by atoms with Gasteiger partial charge in [-0.1, -0.05) is 38.8 Å². The highest BCUT2D eigenvalue weighted by Gasteiger charge is 2.62. The van der Waals surface area contributed by atoms with E-state index in [4.69, 9.17) is 19.4 Å². The first-order valence-electron chi connectivity index (χ1n) is 20.7. The first-order valence-corrected chi connectivity index (χ1v) is 23.2. The number of nitrogens with one attached hydrogen (secondary N) is 3. The van der Waals surface area contributed by atoms with Gasteiger partial charge in [0.2, 0.25) is 27.7 Å². The molecule has 0 bridgehead atoms. The highest BCUT2D eigenvalue weighted by Crippen LogP contribution is 2.46. The molecule has 8 rings (SSSR count). The number of methoxy groups -OCH3 is 1. The van der Waals surface area contributed by atoms with Crippen LogP contribution in [0.4, 0.5) is 10.1 Å². The number of fused-ring (bicyclic) bond motifs is 3. The molecule has 0 unspecified atom stereocenters. The number of aromatic nitrogens is 2. The molecule has 16 heteroatoms. The highest BCUT2D eigenvalue weighted by atomic mass is 32.2. The Morgan fingerprint density at radius 1 is 1.05 bits per heavy atom. The maximum atomic E-state index is 14.8. The van der Waals surface area contributed by atoms with E-state index in [9.17, 15) is 27.2 Å². The fourth-order valence-corrected chi connectivity index (χ4v) is 10.6. The van der Waals surface area contributed by atoms with E-state index in [1.807, 2.05) is 42.7 Å². The summed E-state index contributed by atoms with van der Waals surface area (Å²) >= 11 is 1.49. The van der Waals surface area contributed by atoms with Crippen LogP contribution in [0.5, 0.6) is 11.6 Å². The number of nitrogens with zero attached hydrogens (tertiary/aromatic N) is 3. The number of allylic oxidation sites excluding steroid dienone is 1. The molecule has 3 amide bonds. The lowest BCUT2D eigenvalue weighted by molar-refractivity contribution is -0.140. The van der Waals surface area contributed by atoms with Crippen LogP contribution in [0.1, 0.15) is 88.8 Å². The minimum atomic E-state index is -3.90. The van der Waals surface area contributed by atoms with Gasteiger partial charge in [-0.3, -0.25) is 19.1 Å². The van der Waals surface area contributed by atoms with E-state index in [2.05, 4.69) is 29.2 Å². The number of thiazole rings is 1. The third-order valence-corrected chi connectivity index (χ3v) is 14.8. The van der Waals surface area contributed by atoms with Crippen LogP contribution in [0.25, 0.3) is 21.5 Å². The molecule has 1 saturated heterocycles. The number of hydrogen-bond donors (Lipinski definition) is 3. The fraction of sp³-hybridized carbons (Fsp3) is 0.477. The summed E-state index contributed by atoms with van der Waals surface area (Å²) in [5, 5.41) is 9.91. The largest absolute Gasteiger partial charge is 0.496 e. The predicted octanol–water partition coefficient (Wildman–Crippen LogP) is 6.77. The Balaban J connectivity index is 1.15. The number of carbonyl (C=O) groups is 3. The van der Waals surface area contributed by atoms with E-state index in [0.717, 1.165) is 40.9 Å².